The molecule has 0 aliphatic rings. The maximum Gasteiger partial charge on any atom is 0.113 e. The number of hydrogen-bond acceptors (Lipinski definition) is 2. The highest BCUT2D eigenvalue weighted by atomic mass is 16.5. The van der Waals surface area contributed by atoms with E-state index in [9.17, 15) is 0 Å². The molecular weight excluding hydrogens is 260 g/mol. The van der Waals surface area contributed by atoms with Gasteiger partial charge in [-0.3, -0.25) is 0 Å². The first-order valence-corrected chi connectivity index (χ1v) is 6.93. The second-order valence-corrected chi connectivity index (χ2v) is 4.80. The smallest absolute Gasteiger partial charge is 0.113 e. The molecule has 0 saturated heterocycles. The van der Waals surface area contributed by atoms with Crippen molar-refractivity contribution in [1.29, 1.82) is 0 Å². The van der Waals surface area contributed by atoms with Gasteiger partial charge in [0.25, 0.3) is 0 Å². The molecule has 0 aliphatic heterocycles. The normalized spacial score (nSPS) is 9.90. The predicted molar refractivity (Wildman–Crippen MR) is 85.4 cm³/mol. The number of benzene rings is 2. The topological polar surface area (TPSA) is 18.5 Å². The highest BCUT2D eigenvalue weighted by molar-refractivity contribution is 5.15. The van der Waals surface area contributed by atoms with Crippen LogP contribution in [0.3, 0.4) is 0 Å². The summed E-state index contributed by atoms with van der Waals surface area (Å²) >= 11 is 0. The molecule has 0 saturated carbocycles. The predicted octanol–water partition coefficient (Wildman–Crippen LogP) is 4.84. The summed E-state index contributed by atoms with van der Waals surface area (Å²) in [7, 11) is 0. The highest BCUT2D eigenvalue weighted by Crippen LogP contribution is 2.14. The van der Waals surface area contributed by atoms with E-state index >= 15 is 0 Å². The third-order valence-electron chi connectivity index (χ3n) is 2.97. The van der Waals surface area contributed by atoms with Crippen LogP contribution in [-0.4, -0.2) is 0 Å². The van der Waals surface area contributed by atoms with E-state index < -0.39 is 0 Å². The number of hydrogen-bond donors (Lipinski definition) is 0. The van der Waals surface area contributed by atoms with Crippen LogP contribution in [0.1, 0.15) is 17.5 Å². The summed E-state index contributed by atoms with van der Waals surface area (Å²) in [6.07, 6.45) is 0.514. The summed E-state index contributed by atoms with van der Waals surface area (Å²) in [6.45, 7) is 8.84. The van der Waals surface area contributed by atoms with E-state index in [1.807, 2.05) is 60.7 Å². The Balaban J connectivity index is 1.69. The molecule has 108 valence electrons. The van der Waals surface area contributed by atoms with Crippen LogP contribution in [0, 0.1) is 0 Å². The van der Waals surface area contributed by atoms with Crippen molar-refractivity contribution in [3.63, 3.8) is 0 Å². The molecule has 0 amide bonds. The fourth-order valence-corrected chi connectivity index (χ4v) is 1.84. The molecule has 2 aromatic rings. The molecule has 2 nitrogen and oxygen atoms in total. The van der Waals surface area contributed by atoms with Crippen LogP contribution in [0.4, 0.5) is 0 Å². The Morgan fingerprint density at radius 3 is 1.43 bits per heavy atom. The van der Waals surface area contributed by atoms with E-state index in [0.29, 0.717) is 31.2 Å². The van der Waals surface area contributed by atoms with Crippen molar-refractivity contribution in [2.45, 2.75) is 19.6 Å². The van der Waals surface area contributed by atoms with Crippen molar-refractivity contribution in [3.8, 4) is 0 Å². The van der Waals surface area contributed by atoms with Gasteiger partial charge in [0.1, 0.15) is 13.2 Å². The van der Waals surface area contributed by atoms with E-state index in [4.69, 9.17) is 9.47 Å². The zero-order chi connectivity index (χ0) is 14.9. The third-order valence-corrected chi connectivity index (χ3v) is 2.97. The molecule has 0 aromatic heterocycles. The first-order chi connectivity index (χ1) is 10.2. The molecular formula is C19H20O2. The molecule has 0 aliphatic carbocycles. The zero-order valence-electron chi connectivity index (χ0n) is 12.1. The summed E-state index contributed by atoms with van der Waals surface area (Å²) in [5.41, 5.74) is 2.24. The van der Waals surface area contributed by atoms with Crippen LogP contribution in [-0.2, 0) is 22.7 Å². The van der Waals surface area contributed by atoms with Crippen LogP contribution in [0.25, 0.3) is 0 Å². The number of rotatable bonds is 8. The monoisotopic (exact) mass is 280 g/mol. The van der Waals surface area contributed by atoms with Gasteiger partial charge in [-0.15, -0.1) is 0 Å². The first-order valence-electron chi connectivity index (χ1n) is 6.93. The molecule has 0 fully saturated rings. The van der Waals surface area contributed by atoms with Gasteiger partial charge < -0.3 is 9.47 Å². The molecule has 0 N–H and O–H groups in total. The molecule has 0 bridgehead atoms. The Kier molecular flexibility index (Phi) is 5.65. The Labute approximate surface area is 126 Å². The number of ether oxygens (including phenoxy) is 2. The average Bonchev–Trinajstić information content (AvgIpc) is 2.53. The summed E-state index contributed by atoms with van der Waals surface area (Å²) < 4.78 is 11.2. The van der Waals surface area contributed by atoms with Crippen molar-refractivity contribution in [3.05, 3.63) is 96.5 Å². The minimum atomic E-state index is 0.514. The van der Waals surface area contributed by atoms with Crippen molar-refractivity contribution < 1.29 is 9.47 Å². The summed E-state index contributed by atoms with van der Waals surface area (Å²) in [6, 6.07) is 20.0. The van der Waals surface area contributed by atoms with Gasteiger partial charge in [-0.05, 0) is 11.1 Å². The van der Waals surface area contributed by atoms with E-state index in [-0.39, 0.29) is 0 Å². The quantitative estimate of drug-likeness (QED) is 0.644. The lowest BCUT2D eigenvalue weighted by Crippen LogP contribution is -1.97. The van der Waals surface area contributed by atoms with Gasteiger partial charge in [0.05, 0.1) is 17.9 Å². The fraction of sp³-hybridized carbons (Fsp3) is 0.158. The van der Waals surface area contributed by atoms with Crippen molar-refractivity contribution in [2.75, 3.05) is 0 Å². The Morgan fingerprint density at radius 2 is 1.05 bits per heavy atom. The zero-order valence-corrected chi connectivity index (χ0v) is 12.1. The van der Waals surface area contributed by atoms with Crippen molar-refractivity contribution in [2.24, 2.45) is 0 Å². The van der Waals surface area contributed by atoms with Gasteiger partial charge in [0.2, 0.25) is 0 Å². The Bertz CT molecular complexity index is 520. The van der Waals surface area contributed by atoms with Crippen LogP contribution in [0.15, 0.2) is 85.3 Å². The van der Waals surface area contributed by atoms with Gasteiger partial charge in [-0.1, -0.05) is 73.8 Å². The standard InChI is InChI=1S/C19H20O2/c1-16(20-14-18-9-5-3-6-10-18)13-17(2)21-15-19-11-7-4-8-12-19/h3-12H,1-2,13-15H2. The lowest BCUT2D eigenvalue weighted by molar-refractivity contribution is 0.158. The molecule has 0 radical (unpaired) electrons. The minimum Gasteiger partial charge on any atom is -0.493 e. The van der Waals surface area contributed by atoms with E-state index in [1.54, 1.807) is 0 Å². The van der Waals surface area contributed by atoms with Gasteiger partial charge >= 0.3 is 0 Å². The molecule has 21 heavy (non-hydrogen) atoms. The fourth-order valence-electron chi connectivity index (χ4n) is 1.84. The van der Waals surface area contributed by atoms with E-state index in [1.165, 1.54) is 0 Å². The van der Waals surface area contributed by atoms with E-state index in [0.717, 1.165) is 11.1 Å². The molecule has 2 aromatic carbocycles. The maximum absolute atomic E-state index is 5.62. The third kappa shape index (κ3) is 5.57. The second kappa shape index (κ2) is 7.95. The Hall–Kier alpha value is -2.48. The van der Waals surface area contributed by atoms with Gasteiger partial charge in [-0.25, -0.2) is 0 Å². The summed E-state index contributed by atoms with van der Waals surface area (Å²) in [4.78, 5) is 0. The average molecular weight is 280 g/mol. The molecule has 0 heterocycles. The van der Waals surface area contributed by atoms with Crippen molar-refractivity contribution in [1.82, 2.24) is 0 Å². The Morgan fingerprint density at radius 1 is 0.667 bits per heavy atom. The highest BCUT2D eigenvalue weighted by Gasteiger charge is 2.02. The largest absolute Gasteiger partial charge is 0.493 e. The molecule has 2 rings (SSSR count). The van der Waals surface area contributed by atoms with Gasteiger partial charge in [0, 0.05) is 0 Å². The van der Waals surface area contributed by atoms with Gasteiger partial charge in [0.15, 0.2) is 0 Å². The minimum absolute atomic E-state index is 0.514. The maximum atomic E-state index is 5.62. The first kappa shape index (κ1) is 14.9. The van der Waals surface area contributed by atoms with Gasteiger partial charge in [-0.2, -0.15) is 0 Å². The SMILES string of the molecule is C=C(CC(=C)OCc1ccccc1)OCc1ccccc1. The lowest BCUT2D eigenvalue weighted by atomic mass is 10.2. The molecule has 0 unspecified atom stereocenters. The molecule has 0 atom stereocenters. The summed E-state index contributed by atoms with van der Waals surface area (Å²) in [5.74, 6) is 1.33. The molecule has 0 spiro atoms. The van der Waals surface area contributed by atoms with Crippen molar-refractivity contribution >= 4 is 0 Å². The second-order valence-electron chi connectivity index (χ2n) is 4.80. The van der Waals surface area contributed by atoms with Crippen LogP contribution < -0.4 is 0 Å². The molecule has 2 heteroatoms. The summed E-state index contributed by atoms with van der Waals surface area (Å²) in [5, 5.41) is 0. The van der Waals surface area contributed by atoms with Crippen LogP contribution in [0.5, 0.6) is 0 Å². The lowest BCUT2D eigenvalue weighted by Gasteiger charge is -2.12. The van der Waals surface area contributed by atoms with Crippen LogP contribution >= 0.6 is 0 Å². The van der Waals surface area contributed by atoms with E-state index in [2.05, 4.69) is 13.2 Å². The van der Waals surface area contributed by atoms with Crippen LogP contribution in [0.2, 0.25) is 0 Å².